The minimum atomic E-state index is -0.914. The number of carboxylic acid groups (broad SMARTS) is 1. The number of hydrogen-bond acceptors (Lipinski definition) is 3. The number of amides is 1. The smallest absolute Gasteiger partial charge is 0.333 e. The van der Waals surface area contributed by atoms with Crippen molar-refractivity contribution in [2.45, 2.75) is 25.6 Å². The predicted octanol–water partition coefficient (Wildman–Crippen LogP) is -0.293. The Morgan fingerprint density at radius 1 is 1.43 bits per heavy atom. The first kappa shape index (κ1) is 9.45. The fourth-order valence-electron chi connectivity index (χ4n) is 2.24. The van der Waals surface area contributed by atoms with Gasteiger partial charge in [-0.25, -0.2) is 4.79 Å². The molecule has 5 nitrogen and oxygen atoms in total. The third-order valence-electron chi connectivity index (χ3n) is 2.90. The Balaban J connectivity index is 2.08. The minimum absolute atomic E-state index is 0.00524. The van der Waals surface area contributed by atoms with Crippen LogP contribution in [0.2, 0.25) is 0 Å². The molecule has 0 aromatic carbocycles. The number of piperidine rings is 1. The molecule has 2 aliphatic heterocycles. The zero-order chi connectivity index (χ0) is 10.3. The minimum Gasteiger partial charge on any atom is -0.479 e. The van der Waals surface area contributed by atoms with Crippen molar-refractivity contribution in [1.82, 2.24) is 4.90 Å². The van der Waals surface area contributed by atoms with Crippen LogP contribution in [0.15, 0.2) is 0 Å². The van der Waals surface area contributed by atoms with Crippen LogP contribution < -0.4 is 0 Å². The van der Waals surface area contributed by atoms with E-state index in [9.17, 15) is 9.59 Å². The van der Waals surface area contributed by atoms with E-state index in [1.165, 1.54) is 6.92 Å². The Bertz CT molecular complexity index is 276. The fourth-order valence-corrected chi connectivity index (χ4v) is 2.24. The maximum Gasteiger partial charge on any atom is 0.333 e. The summed E-state index contributed by atoms with van der Waals surface area (Å²) in [4.78, 5) is 23.6. The molecule has 0 saturated carbocycles. The lowest BCUT2D eigenvalue weighted by Crippen LogP contribution is -2.42. The van der Waals surface area contributed by atoms with Crippen molar-refractivity contribution < 1.29 is 19.4 Å². The molecule has 0 unspecified atom stereocenters. The first-order valence-corrected chi connectivity index (χ1v) is 4.71. The molecule has 1 amide bonds. The van der Waals surface area contributed by atoms with Crippen molar-refractivity contribution >= 4 is 11.9 Å². The normalized spacial score (nSPS) is 35.8. The highest BCUT2D eigenvalue weighted by Gasteiger charge is 2.45. The molecular formula is C9H13NO4. The van der Waals surface area contributed by atoms with Crippen LogP contribution in [0.5, 0.6) is 0 Å². The van der Waals surface area contributed by atoms with E-state index >= 15 is 0 Å². The van der Waals surface area contributed by atoms with Gasteiger partial charge in [-0.3, -0.25) is 4.79 Å². The summed E-state index contributed by atoms with van der Waals surface area (Å²) in [5.74, 6) is -0.951. The van der Waals surface area contributed by atoms with Gasteiger partial charge in [0.1, 0.15) is 0 Å². The third-order valence-corrected chi connectivity index (χ3v) is 2.90. The first-order valence-electron chi connectivity index (χ1n) is 4.71. The number of rotatable bonds is 1. The van der Waals surface area contributed by atoms with E-state index in [2.05, 4.69) is 0 Å². The molecule has 2 bridgehead atoms. The molecule has 1 N–H and O–H groups in total. The van der Waals surface area contributed by atoms with Gasteiger partial charge >= 0.3 is 5.97 Å². The van der Waals surface area contributed by atoms with E-state index in [0.29, 0.717) is 13.1 Å². The van der Waals surface area contributed by atoms with Gasteiger partial charge in [-0.1, -0.05) is 0 Å². The van der Waals surface area contributed by atoms with Crippen molar-refractivity contribution in [3.8, 4) is 0 Å². The Morgan fingerprint density at radius 2 is 2.14 bits per heavy atom. The molecule has 2 aliphatic rings. The van der Waals surface area contributed by atoms with Gasteiger partial charge in [0.2, 0.25) is 5.91 Å². The monoisotopic (exact) mass is 199 g/mol. The summed E-state index contributed by atoms with van der Waals surface area (Å²) in [6.07, 6.45) is -0.0381. The van der Waals surface area contributed by atoms with Crippen LogP contribution in [0.3, 0.4) is 0 Å². The largest absolute Gasteiger partial charge is 0.479 e. The lowest BCUT2D eigenvalue weighted by Gasteiger charge is -2.29. The van der Waals surface area contributed by atoms with E-state index < -0.39 is 12.1 Å². The van der Waals surface area contributed by atoms with E-state index in [1.807, 2.05) is 0 Å². The topological polar surface area (TPSA) is 66.8 Å². The highest BCUT2D eigenvalue weighted by Crippen LogP contribution is 2.32. The maximum atomic E-state index is 11.1. The SMILES string of the molecule is CC(=O)N1C[C@@H]2C[C@H](C1)[C@H](C(=O)O)O2. The Labute approximate surface area is 81.6 Å². The lowest BCUT2D eigenvalue weighted by atomic mass is 9.95. The van der Waals surface area contributed by atoms with Crippen LogP contribution >= 0.6 is 0 Å². The highest BCUT2D eigenvalue weighted by atomic mass is 16.5. The second kappa shape index (κ2) is 3.24. The van der Waals surface area contributed by atoms with Gasteiger partial charge in [0.25, 0.3) is 0 Å². The predicted molar refractivity (Wildman–Crippen MR) is 46.7 cm³/mol. The molecule has 2 fully saturated rings. The van der Waals surface area contributed by atoms with Crippen LogP contribution in [0, 0.1) is 5.92 Å². The summed E-state index contributed by atoms with van der Waals surface area (Å²) in [5, 5.41) is 8.86. The molecule has 2 saturated heterocycles. The summed E-state index contributed by atoms with van der Waals surface area (Å²) in [6, 6.07) is 0. The molecule has 14 heavy (non-hydrogen) atoms. The Kier molecular flexibility index (Phi) is 2.19. The molecule has 0 radical (unpaired) electrons. The fraction of sp³-hybridized carbons (Fsp3) is 0.778. The average Bonchev–Trinajstić information content (AvgIpc) is 2.41. The summed E-state index contributed by atoms with van der Waals surface area (Å²) >= 11 is 0. The molecule has 2 rings (SSSR count). The van der Waals surface area contributed by atoms with Gasteiger partial charge in [0.05, 0.1) is 6.10 Å². The average molecular weight is 199 g/mol. The molecule has 3 atom stereocenters. The van der Waals surface area contributed by atoms with Crippen LogP contribution in [0.4, 0.5) is 0 Å². The van der Waals surface area contributed by atoms with E-state index in [-0.39, 0.29) is 17.9 Å². The second-order valence-electron chi connectivity index (χ2n) is 3.94. The molecular weight excluding hydrogens is 186 g/mol. The molecule has 0 aromatic rings. The molecule has 0 aromatic heterocycles. The highest BCUT2D eigenvalue weighted by molar-refractivity contribution is 5.75. The molecule has 5 heteroatoms. The zero-order valence-electron chi connectivity index (χ0n) is 7.97. The van der Waals surface area contributed by atoms with Crippen molar-refractivity contribution in [3.05, 3.63) is 0 Å². The summed E-state index contributed by atoms with van der Waals surface area (Å²) < 4.78 is 5.33. The van der Waals surface area contributed by atoms with Crippen molar-refractivity contribution in [2.75, 3.05) is 13.1 Å². The molecule has 78 valence electrons. The number of carboxylic acids is 1. The third kappa shape index (κ3) is 1.48. The Morgan fingerprint density at radius 3 is 2.71 bits per heavy atom. The molecule has 0 spiro atoms. The van der Waals surface area contributed by atoms with Crippen LogP contribution in [-0.2, 0) is 14.3 Å². The number of hydrogen-bond donors (Lipinski definition) is 1. The van der Waals surface area contributed by atoms with Gasteiger partial charge < -0.3 is 14.7 Å². The van der Waals surface area contributed by atoms with Crippen LogP contribution in [0.1, 0.15) is 13.3 Å². The van der Waals surface area contributed by atoms with Crippen LogP contribution in [-0.4, -0.2) is 47.2 Å². The van der Waals surface area contributed by atoms with Gasteiger partial charge in [-0.05, 0) is 6.42 Å². The lowest BCUT2D eigenvalue weighted by molar-refractivity contribution is -0.150. The first-order chi connectivity index (χ1) is 6.58. The number of carbonyl (C=O) groups is 2. The molecule has 0 aliphatic carbocycles. The van der Waals surface area contributed by atoms with Crippen LogP contribution in [0.25, 0.3) is 0 Å². The molecule has 2 heterocycles. The maximum absolute atomic E-state index is 11.1. The summed E-state index contributed by atoms with van der Waals surface area (Å²) in [7, 11) is 0. The standard InChI is InChI=1S/C9H13NO4/c1-5(11)10-3-6-2-7(4-10)14-8(6)9(12)13/h6-8H,2-4H2,1H3,(H,12,13)/t6-,7+,8-/m1/s1. The summed E-state index contributed by atoms with van der Waals surface area (Å²) in [5.41, 5.74) is 0. The number of nitrogens with zero attached hydrogens (tertiary/aromatic N) is 1. The van der Waals surface area contributed by atoms with Gasteiger partial charge in [-0.2, -0.15) is 0 Å². The number of aliphatic carboxylic acids is 1. The van der Waals surface area contributed by atoms with Crippen molar-refractivity contribution in [2.24, 2.45) is 5.92 Å². The van der Waals surface area contributed by atoms with Crippen molar-refractivity contribution in [3.63, 3.8) is 0 Å². The van der Waals surface area contributed by atoms with Gasteiger partial charge in [0.15, 0.2) is 6.10 Å². The number of ether oxygens (including phenoxy) is 1. The van der Waals surface area contributed by atoms with E-state index in [0.717, 1.165) is 6.42 Å². The van der Waals surface area contributed by atoms with E-state index in [1.54, 1.807) is 4.90 Å². The summed E-state index contributed by atoms with van der Waals surface area (Å²) in [6.45, 7) is 2.55. The quantitative estimate of drug-likeness (QED) is 0.630. The van der Waals surface area contributed by atoms with Gasteiger partial charge in [-0.15, -0.1) is 0 Å². The number of fused-ring (bicyclic) bond motifs is 2. The number of carbonyl (C=O) groups excluding carboxylic acids is 1. The number of likely N-dealkylation sites (tertiary alicyclic amines) is 1. The second-order valence-corrected chi connectivity index (χ2v) is 3.94. The van der Waals surface area contributed by atoms with Gasteiger partial charge in [0, 0.05) is 25.9 Å². The Hall–Kier alpha value is -1.10. The zero-order valence-corrected chi connectivity index (χ0v) is 7.97. The van der Waals surface area contributed by atoms with E-state index in [4.69, 9.17) is 9.84 Å². The van der Waals surface area contributed by atoms with Crippen molar-refractivity contribution in [1.29, 1.82) is 0 Å².